The number of aryl methyl sites for hydroxylation is 1. The van der Waals surface area contributed by atoms with Crippen LogP contribution in [0.25, 0.3) is 11.0 Å². The average molecular weight is 388 g/mol. The van der Waals surface area contributed by atoms with Crippen LogP contribution in [-0.2, 0) is 16.0 Å². The predicted molar refractivity (Wildman–Crippen MR) is 113 cm³/mol. The van der Waals surface area contributed by atoms with Crippen molar-refractivity contribution >= 4 is 17.0 Å². The molecule has 1 aliphatic rings. The van der Waals surface area contributed by atoms with Gasteiger partial charge < -0.3 is 24.7 Å². The molecule has 3 rings (SSSR count). The highest BCUT2D eigenvalue weighted by molar-refractivity contribution is 5.79. The van der Waals surface area contributed by atoms with E-state index in [0.29, 0.717) is 5.92 Å². The van der Waals surface area contributed by atoms with E-state index in [4.69, 9.17) is 9.47 Å². The molecule has 0 amide bonds. The molecule has 0 saturated carbocycles. The number of rotatable bonds is 10. The van der Waals surface area contributed by atoms with Crippen LogP contribution < -0.4 is 10.6 Å². The van der Waals surface area contributed by atoms with Crippen molar-refractivity contribution in [3.05, 3.63) is 30.6 Å². The molecule has 2 aromatic rings. The van der Waals surface area contributed by atoms with Gasteiger partial charge in [-0.15, -0.1) is 0 Å². The largest absolute Gasteiger partial charge is 0.381 e. The molecule has 0 spiro atoms. The fourth-order valence-corrected chi connectivity index (χ4v) is 3.41. The molecule has 0 bridgehead atoms. The first kappa shape index (κ1) is 20.6. The molecule has 1 aliphatic heterocycles. The second kappa shape index (κ2) is 11.7. The molecule has 0 aliphatic carbocycles. The summed E-state index contributed by atoms with van der Waals surface area (Å²) in [5.41, 5.74) is 2.23. The molecule has 1 aromatic carbocycles. The molecular weight excluding hydrogens is 354 g/mol. The lowest BCUT2D eigenvalue weighted by molar-refractivity contribution is 0.0203. The van der Waals surface area contributed by atoms with Crippen molar-refractivity contribution in [2.45, 2.75) is 32.2 Å². The summed E-state index contributed by atoms with van der Waals surface area (Å²) in [6, 6.07) is 8.23. The number of aliphatic imine (C=N–C) groups is 1. The van der Waals surface area contributed by atoms with Gasteiger partial charge in [-0.05, 0) is 43.7 Å². The molecule has 0 radical (unpaired) electrons. The Balaban J connectivity index is 1.23. The minimum atomic E-state index is 0.670. The lowest BCUT2D eigenvalue weighted by Gasteiger charge is -2.21. The van der Waals surface area contributed by atoms with Crippen LogP contribution in [0.1, 0.15) is 25.7 Å². The summed E-state index contributed by atoms with van der Waals surface area (Å²) < 4.78 is 13.4. The molecule has 1 saturated heterocycles. The molecule has 1 fully saturated rings. The van der Waals surface area contributed by atoms with Gasteiger partial charge in [0.2, 0.25) is 0 Å². The average Bonchev–Trinajstić information content (AvgIpc) is 3.16. The van der Waals surface area contributed by atoms with E-state index in [2.05, 4.69) is 37.3 Å². The number of guanidine groups is 1. The summed E-state index contributed by atoms with van der Waals surface area (Å²) in [6.45, 7) is 6.08. The third-order valence-electron chi connectivity index (χ3n) is 5.07. The van der Waals surface area contributed by atoms with Crippen molar-refractivity contribution in [2.75, 3.05) is 46.6 Å². The quantitative estimate of drug-likeness (QED) is 0.372. The first-order valence-electron chi connectivity index (χ1n) is 10.4. The highest BCUT2D eigenvalue weighted by Gasteiger charge is 2.13. The van der Waals surface area contributed by atoms with Crippen LogP contribution in [0.4, 0.5) is 0 Å². The number of fused-ring (bicyclic) bond motifs is 1. The lowest BCUT2D eigenvalue weighted by atomic mass is 10.0. The van der Waals surface area contributed by atoms with Gasteiger partial charge in [0, 0.05) is 53.1 Å². The maximum atomic E-state index is 5.80. The number of ether oxygens (including phenoxy) is 2. The van der Waals surface area contributed by atoms with E-state index in [0.717, 1.165) is 83.2 Å². The summed E-state index contributed by atoms with van der Waals surface area (Å²) in [5, 5.41) is 6.72. The number of para-hydroxylation sites is 2. The minimum absolute atomic E-state index is 0.670. The Hall–Kier alpha value is -2.12. The predicted octanol–water partition coefficient (Wildman–Crippen LogP) is 2.42. The van der Waals surface area contributed by atoms with Gasteiger partial charge >= 0.3 is 0 Å². The van der Waals surface area contributed by atoms with E-state index >= 15 is 0 Å². The Labute approximate surface area is 167 Å². The molecule has 28 heavy (non-hydrogen) atoms. The van der Waals surface area contributed by atoms with Gasteiger partial charge in [0.1, 0.15) is 0 Å². The Morgan fingerprint density at radius 2 is 2.00 bits per heavy atom. The summed E-state index contributed by atoms with van der Waals surface area (Å²) in [5.74, 6) is 1.52. The second-order valence-corrected chi connectivity index (χ2v) is 7.19. The highest BCUT2D eigenvalue weighted by atomic mass is 16.5. The molecule has 7 heteroatoms. The standard InChI is InChI=1S/C21H33N5O2/c1-22-21(24-11-5-13-28-16-18-8-14-27-15-9-18)23-10-4-12-26-17-25-19-6-2-3-7-20(19)26/h2-3,6-7,17-18H,4-5,8-16H2,1H3,(H2,22,23,24). The number of aromatic nitrogens is 2. The first-order valence-corrected chi connectivity index (χ1v) is 10.4. The zero-order valence-electron chi connectivity index (χ0n) is 16.9. The van der Waals surface area contributed by atoms with Crippen molar-refractivity contribution < 1.29 is 9.47 Å². The highest BCUT2D eigenvalue weighted by Crippen LogP contribution is 2.14. The van der Waals surface area contributed by atoms with E-state index in [1.807, 2.05) is 18.5 Å². The fraction of sp³-hybridized carbons (Fsp3) is 0.619. The van der Waals surface area contributed by atoms with E-state index < -0.39 is 0 Å². The van der Waals surface area contributed by atoms with Crippen molar-refractivity contribution in [3.63, 3.8) is 0 Å². The summed E-state index contributed by atoms with van der Waals surface area (Å²) in [4.78, 5) is 8.72. The van der Waals surface area contributed by atoms with Crippen LogP contribution in [-0.4, -0.2) is 62.1 Å². The van der Waals surface area contributed by atoms with Crippen LogP contribution in [0, 0.1) is 5.92 Å². The Morgan fingerprint density at radius 1 is 1.21 bits per heavy atom. The van der Waals surface area contributed by atoms with E-state index in [9.17, 15) is 0 Å². The normalized spacial score (nSPS) is 15.8. The number of imidazole rings is 1. The summed E-state index contributed by atoms with van der Waals surface area (Å²) >= 11 is 0. The molecule has 1 aromatic heterocycles. The SMILES string of the molecule is CN=C(NCCCOCC1CCOCC1)NCCCn1cnc2ccccc21. The molecule has 0 atom stereocenters. The van der Waals surface area contributed by atoms with Crippen LogP contribution in [0.3, 0.4) is 0 Å². The van der Waals surface area contributed by atoms with Gasteiger partial charge in [0.05, 0.1) is 17.4 Å². The van der Waals surface area contributed by atoms with E-state index in [1.165, 1.54) is 5.52 Å². The van der Waals surface area contributed by atoms with Crippen molar-refractivity contribution in [1.82, 2.24) is 20.2 Å². The van der Waals surface area contributed by atoms with Gasteiger partial charge in [0.25, 0.3) is 0 Å². The van der Waals surface area contributed by atoms with Gasteiger partial charge in [-0.2, -0.15) is 0 Å². The number of nitrogens with one attached hydrogen (secondary N) is 2. The summed E-state index contributed by atoms with van der Waals surface area (Å²) in [7, 11) is 1.81. The fourth-order valence-electron chi connectivity index (χ4n) is 3.41. The third-order valence-corrected chi connectivity index (χ3v) is 5.07. The zero-order chi connectivity index (χ0) is 19.4. The second-order valence-electron chi connectivity index (χ2n) is 7.19. The maximum absolute atomic E-state index is 5.80. The lowest BCUT2D eigenvalue weighted by Crippen LogP contribution is -2.38. The smallest absolute Gasteiger partial charge is 0.190 e. The molecular formula is C21H33N5O2. The van der Waals surface area contributed by atoms with Crippen molar-refractivity contribution in [3.8, 4) is 0 Å². The van der Waals surface area contributed by atoms with Gasteiger partial charge in [-0.3, -0.25) is 4.99 Å². The zero-order valence-corrected chi connectivity index (χ0v) is 16.9. The van der Waals surface area contributed by atoms with E-state index in [1.54, 1.807) is 7.05 Å². The minimum Gasteiger partial charge on any atom is -0.381 e. The molecule has 2 N–H and O–H groups in total. The van der Waals surface area contributed by atoms with Gasteiger partial charge in [-0.1, -0.05) is 12.1 Å². The first-order chi connectivity index (χ1) is 13.9. The Morgan fingerprint density at radius 3 is 2.82 bits per heavy atom. The monoisotopic (exact) mass is 387 g/mol. The van der Waals surface area contributed by atoms with Crippen LogP contribution in [0.15, 0.2) is 35.6 Å². The molecule has 7 nitrogen and oxygen atoms in total. The number of hydrogen-bond acceptors (Lipinski definition) is 4. The van der Waals surface area contributed by atoms with Crippen LogP contribution >= 0.6 is 0 Å². The van der Waals surface area contributed by atoms with Crippen LogP contribution in [0.2, 0.25) is 0 Å². The Kier molecular flexibility index (Phi) is 8.58. The molecule has 154 valence electrons. The molecule has 2 heterocycles. The third kappa shape index (κ3) is 6.49. The van der Waals surface area contributed by atoms with Gasteiger partial charge in [-0.25, -0.2) is 4.98 Å². The van der Waals surface area contributed by atoms with Crippen molar-refractivity contribution in [2.24, 2.45) is 10.9 Å². The van der Waals surface area contributed by atoms with Crippen molar-refractivity contribution in [1.29, 1.82) is 0 Å². The van der Waals surface area contributed by atoms with E-state index in [-0.39, 0.29) is 0 Å². The Bertz CT molecular complexity index is 724. The topological polar surface area (TPSA) is 72.7 Å². The number of nitrogens with zero attached hydrogens (tertiary/aromatic N) is 3. The number of hydrogen-bond donors (Lipinski definition) is 2. The van der Waals surface area contributed by atoms with Gasteiger partial charge in [0.15, 0.2) is 5.96 Å². The van der Waals surface area contributed by atoms with Crippen LogP contribution in [0.5, 0.6) is 0 Å². The summed E-state index contributed by atoms with van der Waals surface area (Å²) in [6.07, 6.45) is 6.16. The maximum Gasteiger partial charge on any atom is 0.190 e. The number of benzene rings is 1. The molecule has 0 unspecified atom stereocenters.